The number of benzene rings is 1. The highest BCUT2D eigenvalue weighted by Gasteiger charge is 2.69. The van der Waals surface area contributed by atoms with Crippen molar-refractivity contribution >= 4 is 0 Å². The molecule has 0 saturated carbocycles. The molecule has 9 rings (SSSR count). The molecule has 0 aromatic heterocycles. The van der Waals surface area contributed by atoms with Gasteiger partial charge >= 0.3 is 0 Å². The summed E-state index contributed by atoms with van der Waals surface area (Å²) in [7, 11) is 0. The highest BCUT2D eigenvalue weighted by Crippen LogP contribution is 2.49. The molecule has 1 aromatic rings. The monoisotopic (exact) mass is 548 g/mol. The van der Waals surface area contributed by atoms with E-state index in [1.807, 2.05) is 0 Å². The van der Waals surface area contributed by atoms with Gasteiger partial charge in [0.15, 0.2) is 11.3 Å². The van der Waals surface area contributed by atoms with Gasteiger partial charge in [-0.1, -0.05) is 24.3 Å². The number of hydrogen-bond acceptors (Lipinski definition) is 6. The Morgan fingerprint density at radius 1 is 0.525 bits per heavy atom. The quantitative estimate of drug-likeness (QED) is 0.522. The van der Waals surface area contributed by atoms with Crippen molar-refractivity contribution in [2.24, 2.45) is 0 Å². The van der Waals surface area contributed by atoms with Crippen molar-refractivity contribution in [3.8, 4) is 0 Å². The molecule has 8 nitrogen and oxygen atoms in total. The first-order chi connectivity index (χ1) is 19.5. The van der Waals surface area contributed by atoms with Crippen LogP contribution >= 0.6 is 0 Å². The van der Waals surface area contributed by atoms with E-state index in [1.54, 1.807) is 11.1 Å². The molecule has 0 radical (unpaired) electrons. The molecule has 218 valence electrons. The molecule has 1 aromatic carbocycles. The molecule has 8 aliphatic rings. The van der Waals surface area contributed by atoms with Gasteiger partial charge in [-0.25, -0.2) is 9.80 Å². The molecular formula is C32H52N8+2. The largest absolute Gasteiger partial charge is 0.298 e. The lowest BCUT2D eigenvalue weighted by molar-refractivity contribution is -0.992. The fourth-order valence-electron chi connectivity index (χ4n) is 11.7. The van der Waals surface area contributed by atoms with Crippen molar-refractivity contribution in [3.63, 3.8) is 0 Å². The molecule has 8 fully saturated rings. The van der Waals surface area contributed by atoms with E-state index in [4.69, 9.17) is 0 Å². The highest BCUT2D eigenvalue weighted by molar-refractivity contribution is 5.22. The van der Waals surface area contributed by atoms with Gasteiger partial charge in [0.2, 0.25) is 0 Å². The van der Waals surface area contributed by atoms with Gasteiger partial charge in [-0.2, -0.15) is 0 Å². The van der Waals surface area contributed by atoms with Crippen LogP contribution in [0.2, 0.25) is 0 Å². The fraction of sp³-hybridized carbons (Fsp3) is 0.812. The predicted octanol–water partition coefficient (Wildman–Crippen LogP) is 1.11. The lowest BCUT2D eigenvalue weighted by Gasteiger charge is -2.65. The summed E-state index contributed by atoms with van der Waals surface area (Å²) in [5.74, 6) is 0. The number of nitrogens with zero attached hydrogens (tertiary/aromatic N) is 8. The van der Waals surface area contributed by atoms with Crippen molar-refractivity contribution < 1.29 is 8.97 Å². The third-order valence-electron chi connectivity index (χ3n) is 13.9. The normalized spacial score (nSPS) is 46.0. The fourth-order valence-corrected chi connectivity index (χ4v) is 11.7. The first kappa shape index (κ1) is 25.4. The lowest BCUT2D eigenvalue weighted by Crippen LogP contribution is -2.83. The molecule has 8 heteroatoms. The van der Waals surface area contributed by atoms with Crippen molar-refractivity contribution in [1.29, 1.82) is 0 Å². The minimum Gasteiger partial charge on any atom is -0.298 e. The van der Waals surface area contributed by atoms with Gasteiger partial charge in [0.1, 0.15) is 25.4 Å². The number of piperazine rings is 4. The van der Waals surface area contributed by atoms with Crippen LogP contribution in [0.5, 0.6) is 0 Å². The van der Waals surface area contributed by atoms with E-state index >= 15 is 0 Å². The molecule has 6 atom stereocenters. The van der Waals surface area contributed by atoms with Crippen LogP contribution in [0.4, 0.5) is 0 Å². The summed E-state index contributed by atoms with van der Waals surface area (Å²) in [6.45, 7) is 28.2. The maximum absolute atomic E-state index is 2.88. The maximum Gasteiger partial charge on any atom is 0.182 e. The average Bonchev–Trinajstić information content (AvgIpc) is 3.44. The van der Waals surface area contributed by atoms with Crippen LogP contribution in [0, 0.1) is 0 Å². The van der Waals surface area contributed by atoms with Crippen molar-refractivity contribution in [2.45, 2.75) is 63.4 Å². The van der Waals surface area contributed by atoms with E-state index in [0.717, 1.165) is 0 Å². The minimum absolute atomic E-state index is 0.230. The summed E-state index contributed by atoms with van der Waals surface area (Å²) in [6.07, 6.45) is 3.91. The third kappa shape index (κ3) is 3.15. The van der Waals surface area contributed by atoms with Crippen LogP contribution in [-0.2, 0) is 13.1 Å². The predicted molar refractivity (Wildman–Crippen MR) is 157 cm³/mol. The Balaban J connectivity index is 0.981. The second kappa shape index (κ2) is 8.73. The molecule has 8 heterocycles. The molecule has 0 aliphatic carbocycles. The smallest absolute Gasteiger partial charge is 0.182 e. The Bertz CT molecular complexity index is 1060. The topological polar surface area (TPSA) is 19.4 Å². The van der Waals surface area contributed by atoms with Gasteiger partial charge in [0.25, 0.3) is 0 Å². The van der Waals surface area contributed by atoms with Crippen LogP contribution in [0.3, 0.4) is 0 Å². The van der Waals surface area contributed by atoms with E-state index < -0.39 is 0 Å². The van der Waals surface area contributed by atoms with Crippen molar-refractivity contribution in [2.75, 3.05) is 105 Å². The van der Waals surface area contributed by atoms with E-state index in [0.29, 0.717) is 12.3 Å². The number of rotatable bonds is 4. The molecule has 2 unspecified atom stereocenters. The highest BCUT2D eigenvalue weighted by atomic mass is 15.7. The lowest BCUT2D eigenvalue weighted by atomic mass is 9.90. The zero-order chi connectivity index (χ0) is 26.7. The molecule has 8 aliphatic heterocycles. The Kier molecular flexibility index (Phi) is 5.54. The zero-order valence-electron chi connectivity index (χ0n) is 25.2. The first-order valence-corrected chi connectivity index (χ1v) is 16.7. The molecule has 0 spiro atoms. The van der Waals surface area contributed by atoms with Crippen LogP contribution in [0.25, 0.3) is 0 Å². The van der Waals surface area contributed by atoms with Crippen LogP contribution in [0.15, 0.2) is 24.3 Å². The Hall–Kier alpha value is -1.10. The summed E-state index contributed by atoms with van der Waals surface area (Å²) < 4.78 is 2.54. The molecule has 40 heavy (non-hydrogen) atoms. The minimum atomic E-state index is 0.230. The molecule has 0 amide bonds. The van der Waals surface area contributed by atoms with Crippen LogP contribution < -0.4 is 0 Å². The summed E-state index contributed by atoms with van der Waals surface area (Å²) in [6, 6.07) is 10.1. The molecule has 0 bridgehead atoms. The van der Waals surface area contributed by atoms with Crippen LogP contribution in [0.1, 0.15) is 37.8 Å². The third-order valence-corrected chi connectivity index (χ3v) is 13.9. The van der Waals surface area contributed by atoms with E-state index in [2.05, 4.69) is 67.5 Å². The van der Waals surface area contributed by atoms with Gasteiger partial charge in [0.05, 0.1) is 39.3 Å². The molecular weight excluding hydrogens is 496 g/mol. The zero-order valence-corrected chi connectivity index (χ0v) is 25.2. The first-order valence-electron chi connectivity index (χ1n) is 16.7. The van der Waals surface area contributed by atoms with Crippen molar-refractivity contribution in [3.05, 3.63) is 35.4 Å². The molecule has 0 N–H and O–H groups in total. The average molecular weight is 549 g/mol. The second-order valence-corrected chi connectivity index (χ2v) is 15.1. The van der Waals surface area contributed by atoms with Gasteiger partial charge in [0, 0.05) is 90.4 Å². The van der Waals surface area contributed by atoms with Gasteiger partial charge in [-0.3, -0.25) is 28.6 Å². The summed E-state index contributed by atoms with van der Waals surface area (Å²) >= 11 is 0. The number of hydrogen-bond donors (Lipinski definition) is 0. The van der Waals surface area contributed by atoms with Gasteiger partial charge < -0.3 is 0 Å². The Morgan fingerprint density at radius 2 is 0.900 bits per heavy atom. The van der Waals surface area contributed by atoms with E-state index in [9.17, 15) is 0 Å². The number of quaternary nitrogens is 2. The Morgan fingerprint density at radius 3 is 1.32 bits per heavy atom. The van der Waals surface area contributed by atoms with Crippen molar-refractivity contribution in [1.82, 2.24) is 29.4 Å². The summed E-state index contributed by atoms with van der Waals surface area (Å²) in [4.78, 5) is 17.1. The molecule has 8 saturated heterocycles. The summed E-state index contributed by atoms with van der Waals surface area (Å²) in [5, 5.41) is 0. The second-order valence-electron chi connectivity index (χ2n) is 15.1. The van der Waals surface area contributed by atoms with E-state index in [-0.39, 0.29) is 11.3 Å². The van der Waals surface area contributed by atoms with Gasteiger partial charge in [-0.15, -0.1) is 0 Å². The van der Waals surface area contributed by atoms with Gasteiger partial charge in [-0.05, 0) is 12.8 Å². The standard InChI is InChI=1S/C32H52N8/c1-31-29-33-9-3-11-35(29)17-21-39(31,23-19-37(31)15-13-33)25-27-5-7-28(8-6-27)26-40-22-18-36-12-4-10-34-14-16-38(20-24-40)32(40,2)30(34)36/h5-8,29-30H,3-4,9-26H2,1-2H3/q+2/t29-,30-,31+,32+,39?,40?/m0/s1. The Labute approximate surface area is 241 Å². The summed E-state index contributed by atoms with van der Waals surface area (Å²) in [5.41, 5.74) is 3.58. The maximum atomic E-state index is 2.88. The SMILES string of the molecule is C[C@]12[C@H]3N4CCCN3CC[N+]1(Cc1ccc(C[N+]35CCN6CCCN7CCN(CC3)[C@@]5(C)[C@@H]76)cc1)CCN2CC4. The van der Waals surface area contributed by atoms with E-state index in [1.165, 1.54) is 140 Å². The van der Waals surface area contributed by atoms with Crippen LogP contribution in [-0.4, -0.2) is 167 Å².